The summed E-state index contributed by atoms with van der Waals surface area (Å²) in [6, 6.07) is 10.8. The zero-order valence-corrected chi connectivity index (χ0v) is 33.4. The number of unbranched alkanes of at least 4 members (excludes halogenated alkanes) is 2. The van der Waals surface area contributed by atoms with Gasteiger partial charge in [-0.2, -0.15) is 0 Å². The largest absolute Gasteiger partial charge is 0.459 e. The number of oxime groups is 1. The number of nitro groups is 1. The van der Waals surface area contributed by atoms with Gasteiger partial charge in [0.15, 0.2) is 0 Å². The second kappa shape index (κ2) is 20.3. The lowest BCUT2D eigenvalue weighted by Crippen LogP contribution is -2.69. The fourth-order valence-electron chi connectivity index (χ4n) is 8.96. The molecule has 6 rings (SSSR count). The minimum Gasteiger partial charge on any atom is -0.459 e. The number of benzene rings is 2. The van der Waals surface area contributed by atoms with Crippen molar-refractivity contribution < 1.29 is 48.5 Å². The van der Waals surface area contributed by atoms with E-state index in [1.54, 1.807) is 37.4 Å². The molecule has 14 heteroatoms. The Morgan fingerprint density at radius 2 is 1.86 bits per heavy atom. The van der Waals surface area contributed by atoms with Crippen LogP contribution in [0.4, 0.5) is 10.5 Å². The van der Waals surface area contributed by atoms with Gasteiger partial charge in [0, 0.05) is 50.7 Å². The predicted octanol–water partition coefficient (Wildman–Crippen LogP) is 8.19. The van der Waals surface area contributed by atoms with E-state index in [0.29, 0.717) is 55.3 Å². The smallest absolute Gasteiger partial charge is 0.409 e. The average Bonchev–Trinajstić information content (AvgIpc) is 3.23. The highest BCUT2D eigenvalue weighted by molar-refractivity contribution is 6.03. The molecule has 7 unspecified atom stereocenters. The topological polar surface area (TPSA) is 172 Å². The van der Waals surface area contributed by atoms with E-state index < -0.39 is 35.1 Å². The van der Waals surface area contributed by atoms with Crippen LogP contribution in [0.25, 0.3) is 0 Å². The molecule has 4 aliphatic rings. The molecule has 7 atom stereocenters. The van der Waals surface area contributed by atoms with Crippen molar-refractivity contribution in [3.05, 3.63) is 95.1 Å². The number of fused-ring (bicyclic) bond motifs is 2. The maximum atomic E-state index is 13.9. The standard InChI is InChI=1S/C44H57N3O11/c1-4-6-24-54-43(50)46(3)39-29-37(45-58-40-18-9-12-25-53-40)35-26-30(14-7-10-21-48)34(17-8-11-22-49)41-36-28-33(56-32-16-13-15-31(27-32)47(51)52)19-20-38(36)57-44(39,42(35)41)55-23-5-2/h4-5,13,15-16,19-20,26-28,30,34,39-42,48-49H,1-2,6-12,14,17-18,21-25,29H2,3H3. The SMILES string of the molecule is C=CCCOC(=O)N(C)C1CC(=NOC2CCCCO2)C2=CC(CCCCO)C(CCCCO)C3c4cc(Oc5cccc([N+](=O)[O-])c5)ccc4OC1(OCC=C)C23. The van der Waals surface area contributed by atoms with E-state index >= 15 is 0 Å². The van der Waals surface area contributed by atoms with Crippen molar-refractivity contribution in [2.75, 3.05) is 40.1 Å². The molecule has 314 valence electrons. The van der Waals surface area contributed by atoms with Gasteiger partial charge in [-0.1, -0.05) is 42.3 Å². The van der Waals surface area contributed by atoms with E-state index in [0.717, 1.165) is 49.7 Å². The van der Waals surface area contributed by atoms with Crippen molar-refractivity contribution in [3.63, 3.8) is 0 Å². The molecule has 1 saturated carbocycles. The number of non-ortho nitro benzene ring substituents is 1. The number of nitrogens with zero attached hydrogens (tertiary/aromatic N) is 3. The Kier molecular flexibility index (Phi) is 15.0. The highest BCUT2D eigenvalue weighted by Gasteiger charge is 2.65. The highest BCUT2D eigenvalue weighted by Crippen LogP contribution is 2.62. The van der Waals surface area contributed by atoms with Gasteiger partial charge in [-0.15, -0.1) is 13.2 Å². The van der Waals surface area contributed by atoms with E-state index in [4.69, 9.17) is 33.7 Å². The molecular weight excluding hydrogens is 746 g/mol. The number of carbonyl (C=O) groups is 1. The molecule has 14 nitrogen and oxygen atoms in total. The molecule has 0 aromatic heterocycles. The molecule has 2 N–H and O–H groups in total. The third-order valence-electron chi connectivity index (χ3n) is 11.6. The van der Waals surface area contributed by atoms with Crippen LogP contribution in [0.1, 0.15) is 82.1 Å². The number of carbonyl (C=O) groups excluding carboxylic acids is 1. The predicted molar refractivity (Wildman–Crippen MR) is 217 cm³/mol. The first-order valence-corrected chi connectivity index (χ1v) is 20.5. The Balaban J connectivity index is 1.54. The van der Waals surface area contributed by atoms with Crippen molar-refractivity contribution in [1.82, 2.24) is 4.90 Å². The first-order valence-electron chi connectivity index (χ1n) is 20.5. The second-order valence-electron chi connectivity index (χ2n) is 15.3. The first kappa shape index (κ1) is 42.8. The maximum absolute atomic E-state index is 13.9. The summed E-state index contributed by atoms with van der Waals surface area (Å²) in [5.74, 6) is -0.920. The van der Waals surface area contributed by atoms with Gasteiger partial charge >= 0.3 is 6.09 Å². The Labute approximate surface area is 340 Å². The van der Waals surface area contributed by atoms with Crippen LogP contribution in [0.15, 0.2) is 84.6 Å². The molecule has 2 aromatic carbocycles. The van der Waals surface area contributed by atoms with Gasteiger partial charge in [0.05, 0.1) is 42.4 Å². The van der Waals surface area contributed by atoms with Crippen molar-refractivity contribution in [3.8, 4) is 17.2 Å². The van der Waals surface area contributed by atoms with E-state index in [1.165, 1.54) is 17.0 Å². The Bertz CT molecular complexity index is 1810. The molecular formula is C44H57N3O11. The van der Waals surface area contributed by atoms with Crippen molar-refractivity contribution in [2.24, 2.45) is 22.9 Å². The lowest BCUT2D eigenvalue weighted by molar-refractivity contribution is -0.384. The number of rotatable bonds is 20. The molecule has 2 heterocycles. The van der Waals surface area contributed by atoms with Crippen molar-refractivity contribution in [2.45, 2.75) is 94.7 Å². The van der Waals surface area contributed by atoms with E-state index in [-0.39, 0.29) is 56.3 Å². The summed E-state index contributed by atoms with van der Waals surface area (Å²) in [4.78, 5) is 32.7. The number of amides is 1. The zero-order valence-electron chi connectivity index (χ0n) is 33.4. The summed E-state index contributed by atoms with van der Waals surface area (Å²) < 4.78 is 32.0. The minimum absolute atomic E-state index is 0.00569. The molecule has 2 aromatic rings. The quantitative estimate of drug-likeness (QED) is 0.0572. The van der Waals surface area contributed by atoms with Crippen molar-refractivity contribution >= 4 is 17.5 Å². The number of likely N-dealkylation sites (N-methyl/N-ethyl adjacent to an activating group) is 1. The van der Waals surface area contributed by atoms with Gasteiger partial charge in [0.25, 0.3) is 5.69 Å². The third-order valence-corrected chi connectivity index (χ3v) is 11.6. The third kappa shape index (κ3) is 9.57. The molecule has 2 aliphatic carbocycles. The normalized spacial score (nSPS) is 26.6. The Hall–Kier alpha value is -4.76. The van der Waals surface area contributed by atoms with E-state index in [2.05, 4.69) is 19.2 Å². The summed E-state index contributed by atoms with van der Waals surface area (Å²) in [6.45, 7) is 8.70. The molecule has 1 amide bonds. The Morgan fingerprint density at radius 1 is 1.07 bits per heavy atom. The number of aliphatic hydroxyl groups excluding tert-OH is 2. The Morgan fingerprint density at radius 3 is 2.59 bits per heavy atom. The molecule has 2 aliphatic heterocycles. The van der Waals surface area contributed by atoms with Gasteiger partial charge in [0.2, 0.25) is 12.1 Å². The molecule has 0 bridgehead atoms. The number of allylic oxidation sites excluding steroid dienone is 1. The van der Waals surface area contributed by atoms with Crippen LogP contribution in [0.5, 0.6) is 17.2 Å². The molecule has 0 radical (unpaired) electrons. The van der Waals surface area contributed by atoms with E-state index in [9.17, 15) is 25.1 Å². The first-order chi connectivity index (χ1) is 28.2. The van der Waals surface area contributed by atoms with Crippen LogP contribution < -0.4 is 9.47 Å². The van der Waals surface area contributed by atoms with Crippen LogP contribution in [0, 0.1) is 27.9 Å². The van der Waals surface area contributed by atoms with Crippen LogP contribution in [-0.4, -0.2) is 90.0 Å². The lowest BCUT2D eigenvalue weighted by atomic mass is 9.55. The van der Waals surface area contributed by atoms with Gasteiger partial charge in [-0.25, -0.2) is 4.79 Å². The summed E-state index contributed by atoms with van der Waals surface area (Å²) in [5, 5.41) is 36.1. The highest BCUT2D eigenvalue weighted by atomic mass is 16.8. The fourth-order valence-corrected chi connectivity index (χ4v) is 8.96. The summed E-state index contributed by atoms with van der Waals surface area (Å²) >= 11 is 0. The maximum Gasteiger partial charge on any atom is 0.409 e. The van der Waals surface area contributed by atoms with Crippen LogP contribution in [0.3, 0.4) is 0 Å². The fraction of sp³-hybridized carbons (Fsp3) is 0.545. The zero-order chi connectivity index (χ0) is 41.1. The minimum atomic E-state index is -1.45. The van der Waals surface area contributed by atoms with Crippen LogP contribution in [0.2, 0.25) is 0 Å². The number of ether oxygens (including phenoxy) is 5. The van der Waals surface area contributed by atoms with E-state index in [1.807, 2.05) is 12.1 Å². The molecule has 0 spiro atoms. The monoisotopic (exact) mass is 803 g/mol. The number of hydrogen-bond acceptors (Lipinski definition) is 12. The average molecular weight is 804 g/mol. The van der Waals surface area contributed by atoms with Crippen LogP contribution in [-0.2, 0) is 19.0 Å². The summed E-state index contributed by atoms with van der Waals surface area (Å²) in [6.07, 6.45) is 12.2. The number of nitro benzene ring substituents is 1. The molecule has 58 heavy (non-hydrogen) atoms. The lowest BCUT2D eigenvalue weighted by Gasteiger charge is -2.59. The summed E-state index contributed by atoms with van der Waals surface area (Å²) in [7, 11) is 1.68. The number of hydrogen-bond donors (Lipinski definition) is 2. The van der Waals surface area contributed by atoms with Crippen molar-refractivity contribution in [1.29, 1.82) is 0 Å². The second-order valence-corrected chi connectivity index (χ2v) is 15.3. The number of aliphatic hydroxyl groups is 2. The van der Waals surface area contributed by atoms with Gasteiger partial charge in [-0.3, -0.25) is 10.1 Å². The van der Waals surface area contributed by atoms with Gasteiger partial charge in [-0.05, 0) is 86.6 Å². The summed E-state index contributed by atoms with van der Waals surface area (Å²) in [5.41, 5.74) is 2.30. The molecule has 1 saturated heterocycles. The van der Waals surface area contributed by atoms with Crippen LogP contribution >= 0.6 is 0 Å². The van der Waals surface area contributed by atoms with Gasteiger partial charge < -0.3 is 43.6 Å². The molecule has 2 fully saturated rings. The van der Waals surface area contributed by atoms with Gasteiger partial charge in [0.1, 0.15) is 23.3 Å².